The van der Waals surface area contributed by atoms with Crippen molar-refractivity contribution in [3.05, 3.63) is 82.9 Å². The molecule has 4 heteroatoms. The molecule has 0 saturated heterocycles. The number of aromatic carboxylic acids is 1. The zero-order valence-corrected chi connectivity index (χ0v) is 19.5. The highest BCUT2D eigenvalue weighted by Crippen LogP contribution is 2.52. The molecule has 4 rings (SSSR count). The molecule has 0 spiro atoms. The predicted octanol–water partition coefficient (Wildman–Crippen LogP) is 7.15. The van der Waals surface area contributed by atoms with Crippen molar-refractivity contribution in [2.75, 3.05) is 10.9 Å². The Bertz CT molecular complexity index is 1150. The first kappa shape index (κ1) is 21.9. The topological polar surface area (TPSA) is 61.4 Å². The second-order valence-corrected chi connectivity index (χ2v) is 10.1. The molecular formula is C28H32N2O2. The number of hydrazine groups is 1. The average Bonchev–Trinajstić information content (AvgIpc) is 2.76. The van der Waals surface area contributed by atoms with Crippen molar-refractivity contribution in [1.82, 2.24) is 0 Å². The van der Waals surface area contributed by atoms with Gasteiger partial charge in [-0.25, -0.2) is 4.79 Å². The molecule has 32 heavy (non-hydrogen) atoms. The number of carboxylic acids is 1. The highest BCUT2D eigenvalue weighted by molar-refractivity contribution is 5.90. The predicted molar refractivity (Wildman–Crippen MR) is 133 cm³/mol. The maximum absolute atomic E-state index is 11.4. The van der Waals surface area contributed by atoms with E-state index in [1.165, 1.54) is 16.7 Å². The maximum atomic E-state index is 11.4. The molecule has 0 bridgehead atoms. The van der Waals surface area contributed by atoms with E-state index >= 15 is 0 Å². The van der Waals surface area contributed by atoms with E-state index in [0.29, 0.717) is 5.56 Å². The SMILES string of the molecule is Cc1cc2c(c(NNc3ccccc3)c1-c1ccc(C(=O)O)cc1)C(C)(C)CCC2(C)C. The van der Waals surface area contributed by atoms with E-state index in [9.17, 15) is 9.90 Å². The average molecular weight is 429 g/mol. The fourth-order valence-electron chi connectivity index (χ4n) is 4.87. The van der Waals surface area contributed by atoms with Gasteiger partial charge in [0, 0.05) is 5.56 Å². The number of fused-ring (bicyclic) bond motifs is 1. The Balaban J connectivity index is 1.93. The standard InChI is InChI=1S/C28H32N2O2/c1-18-17-22-24(28(4,5)16-15-27(22,2)3)25(30-29-21-9-7-6-8-10-21)23(18)19-11-13-20(14-12-19)26(31)32/h6-14,17,29-30H,15-16H2,1-5H3,(H,31,32). The number of carboxylic acid groups (broad SMARTS) is 1. The molecule has 3 aromatic rings. The summed E-state index contributed by atoms with van der Waals surface area (Å²) in [5.74, 6) is -0.911. The number of aryl methyl sites for hydroxylation is 1. The Kier molecular flexibility index (Phi) is 5.49. The summed E-state index contributed by atoms with van der Waals surface area (Å²) in [5, 5.41) is 9.33. The fourth-order valence-corrected chi connectivity index (χ4v) is 4.87. The number of anilines is 2. The lowest BCUT2D eigenvalue weighted by atomic mass is 9.61. The molecule has 4 nitrogen and oxygen atoms in total. The number of carbonyl (C=O) groups is 1. The Labute approximate surface area is 190 Å². The minimum absolute atomic E-state index is 0.00894. The summed E-state index contributed by atoms with van der Waals surface area (Å²) in [6, 6.07) is 19.6. The zero-order valence-electron chi connectivity index (χ0n) is 19.5. The van der Waals surface area contributed by atoms with Gasteiger partial charge in [0.15, 0.2) is 0 Å². The summed E-state index contributed by atoms with van der Waals surface area (Å²) in [5.41, 5.74) is 15.4. The quantitative estimate of drug-likeness (QED) is 0.378. The minimum atomic E-state index is -0.911. The molecule has 0 saturated carbocycles. The number of rotatable bonds is 5. The van der Waals surface area contributed by atoms with E-state index < -0.39 is 5.97 Å². The van der Waals surface area contributed by atoms with Crippen LogP contribution in [0.5, 0.6) is 0 Å². The van der Waals surface area contributed by atoms with Crippen LogP contribution < -0.4 is 10.9 Å². The third-order valence-electron chi connectivity index (χ3n) is 6.83. The molecule has 0 aliphatic heterocycles. The Hall–Kier alpha value is -3.27. The molecule has 0 unspecified atom stereocenters. The van der Waals surface area contributed by atoms with E-state index in [0.717, 1.165) is 35.3 Å². The fraction of sp³-hybridized carbons (Fsp3) is 0.321. The molecule has 0 atom stereocenters. The normalized spacial score (nSPS) is 16.2. The lowest BCUT2D eigenvalue weighted by molar-refractivity contribution is 0.0697. The highest BCUT2D eigenvalue weighted by Gasteiger charge is 2.40. The molecule has 0 amide bonds. The lowest BCUT2D eigenvalue weighted by Gasteiger charge is -2.44. The lowest BCUT2D eigenvalue weighted by Crippen LogP contribution is -2.35. The monoisotopic (exact) mass is 428 g/mol. The zero-order chi connectivity index (χ0) is 23.1. The van der Waals surface area contributed by atoms with Crippen molar-refractivity contribution in [3.8, 4) is 11.1 Å². The van der Waals surface area contributed by atoms with Crippen molar-refractivity contribution in [3.63, 3.8) is 0 Å². The van der Waals surface area contributed by atoms with Gasteiger partial charge < -0.3 is 10.5 Å². The van der Waals surface area contributed by atoms with Gasteiger partial charge in [-0.05, 0) is 77.1 Å². The molecule has 0 heterocycles. The van der Waals surface area contributed by atoms with Crippen molar-refractivity contribution >= 4 is 17.3 Å². The van der Waals surface area contributed by atoms with E-state index in [4.69, 9.17) is 0 Å². The first-order chi connectivity index (χ1) is 15.1. The maximum Gasteiger partial charge on any atom is 0.335 e. The smallest absolute Gasteiger partial charge is 0.335 e. The molecule has 166 valence electrons. The second kappa shape index (κ2) is 8.01. The van der Waals surface area contributed by atoms with Gasteiger partial charge in [0.05, 0.1) is 16.9 Å². The van der Waals surface area contributed by atoms with Crippen LogP contribution in [0, 0.1) is 6.92 Å². The van der Waals surface area contributed by atoms with Gasteiger partial charge in [0.25, 0.3) is 0 Å². The van der Waals surface area contributed by atoms with Crippen molar-refractivity contribution in [2.45, 2.75) is 58.3 Å². The van der Waals surface area contributed by atoms with E-state index in [-0.39, 0.29) is 10.8 Å². The van der Waals surface area contributed by atoms with Gasteiger partial charge in [-0.1, -0.05) is 64.1 Å². The summed E-state index contributed by atoms with van der Waals surface area (Å²) in [7, 11) is 0. The van der Waals surface area contributed by atoms with Crippen LogP contribution in [0.3, 0.4) is 0 Å². The Morgan fingerprint density at radius 1 is 0.875 bits per heavy atom. The van der Waals surface area contributed by atoms with E-state index in [2.05, 4.69) is 51.5 Å². The van der Waals surface area contributed by atoms with Crippen LogP contribution in [0.25, 0.3) is 11.1 Å². The summed E-state index contributed by atoms with van der Waals surface area (Å²) in [4.78, 5) is 11.4. The molecule has 1 aliphatic rings. The van der Waals surface area contributed by atoms with Gasteiger partial charge in [0.2, 0.25) is 0 Å². The molecule has 1 aliphatic carbocycles. The second-order valence-electron chi connectivity index (χ2n) is 10.1. The van der Waals surface area contributed by atoms with Crippen LogP contribution in [0.1, 0.15) is 67.6 Å². The van der Waals surface area contributed by atoms with Gasteiger partial charge >= 0.3 is 5.97 Å². The summed E-state index contributed by atoms with van der Waals surface area (Å²) in [6.45, 7) is 11.4. The number of hydrogen-bond acceptors (Lipinski definition) is 3. The number of nitrogens with one attached hydrogen (secondary N) is 2. The Morgan fingerprint density at radius 3 is 2.12 bits per heavy atom. The van der Waals surface area contributed by atoms with Gasteiger partial charge in [0.1, 0.15) is 0 Å². The summed E-state index contributed by atoms with van der Waals surface area (Å²) < 4.78 is 0. The van der Waals surface area contributed by atoms with Gasteiger partial charge in [-0.2, -0.15) is 0 Å². The molecule has 0 fully saturated rings. The number of benzene rings is 3. The van der Waals surface area contributed by atoms with E-state index in [1.807, 2.05) is 42.5 Å². The van der Waals surface area contributed by atoms with Crippen molar-refractivity contribution in [1.29, 1.82) is 0 Å². The van der Waals surface area contributed by atoms with Gasteiger partial charge in [-0.15, -0.1) is 0 Å². The first-order valence-electron chi connectivity index (χ1n) is 11.2. The molecular weight excluding hydrogens is 396 g/mol. The molecule has 0 aromatic heterocycles. The van der Waals surface area contributed by atoms with Gasteiger partial charge in [-0.3, -0.25) is 5.43 Å². The highest BCUT2D eigenvalue weighted by atomic mass is 16.4. The molecule has 3 aromatic carbocycles. The van der Waals surface area contributed by atoms with Crippen LogP contribution >= 0.6 is 0 Å². The minimum Gasteiger partial charge on any atom is -0.478 e. The number of hydrogen-bond donors (Lipinski definition) is 3. The van der Waals surface area contributed by atoms with Crippen LogP contribution in [-0.4, -0.2) is 11.1 Å². The molecule has 3 N–H and O–H groups in total. The van der Waals surface area contributed by atoms with Crippen LogP contribution in [0.4, 0.5) is 11.4 Å². The number of para-hydroxylation sites is 1. The van der Waals surface area contributed by atoms with Crippen molar-refractivity contribution in [2.24, 2.45) is 0 Å². The Morgan fingerprint density at radius 2 is 1.50 bits per heavy atom. The van der Waals surface area contributed by atoms with E-state index in [1.54, 1.807) is 12.1 Å². The van der Waals surface area contributed by atoms with Crippen LogP contribution in [-0.2, 0) is 10.8 Å². The van der Waals surface area contributed by atoms with Crippen LogP contribution in [0.15, 0.2) is 60.7 Å². The summed E-state index contributed by atoms with van der Waals surface area (Å²) in [6.07, 6.45) is 2.25. The summed E-state index contributed by atoms with van der Waals surface area (Å²) >= 11 is 0. The van der Waals surface area contributed by atoms with Crippen molar-refractivity contribution < 1.29 is 9.90 Å². The van der Waals surface area contributed by atoms with Crippen LogP contribution in [0.2, 0.25) is 0 Å². The first-order valence-corrected chi connectivity index (χ1v) is 11.2. The third-order valence-corrected chi connectivity index (χ3v) is 6.83. The molecule has 0 radical (unpaired) electrons. The third kappa shape index (κ3) is 3.97. The largest absolute Gasteiger partial charge is 0.478 e.